The van der Waals surface area contributed by atoms with E-state index < -0.39 is 9.84 Å². The molecule has 1 aromatic carbocycles. The highest BCUT2D eigenvalue weighted by Crippen LogP contribution is 2.25. The van der Waals surface area contributed by atoms with E-state index in [0.717, 1.165) is 36.8 Å². The normalized spacial score (nSPS) is 16.4. The Morgan fingerprint density at radius 2 is 1.79 bits per heavy atom. The Labute approximate surface area is 143 Å². The molecule has 24 heavy (non-hydrogen) atoms. The topological polar surface area (TPSA) is 73.1 Å². The van der Waals surface area contributed by atoms with Gasteiger partial charge in [-0.25, -0.2) is 8.42 Å². The highest BCUT2D eigenvalue weighted by molar-refractivity contribution is 7.90. The number of sulfone groups is 1. The summed E-state index contributed by atoms with van der Waals surface area (Å²) in [5.41, 5.74) is 2.26. The molecule has 130 valence electrons. The summed E-state index contributed by atoms with van der Waals surface area (Å²) in [4.78, 5) is 0. The van der Waals surface area contributed by atoms with E-state index in [-0.39, 0.29) is 23.3 Å². The van der Waals surface area contributed by atoms with E-state index in [1.165, 1.54) is 6.42 Å². The maximum Gasteiger partial charge on any atom is 0.231 e. The molecule has 0 atom stereocenters. The van der Waals surface area contributed by atoms with E-state index in [0.29, 0.717) is 12.3 Å². The first-order chi connectivity index (χ1) is 11.5. The second kappa shape index (κ2) is 7.47. The van der Waals surface area contributed by atoms with Gasteiger partial charge >= 0.3 is 0 Å². The average molecular weight is 348 g/mol. The van der Waals surface area contributed by atoms with Gasteiger partial charge in [-0.2, -0.15) is 0 Å². The molecule has 0 bridgehead atoms. The van der Waals surface area contributed by atoms with Crippen LogP contribution < -0.4 is 0 Å². The molecule has 6 heteroatoms. The third kappa shape index (κ3) is 4.66. The highest BCUT2D eigenvalue weighted by atomic mass is 32.2. The van der Waals surface area contributed by atoms with Crippen molar-refractivity contribution in [2.75, 3.05) is 5.75 Å². The Hall–Kier alpha value is -1.69. The van der Waals surface area contributed by atoms with Crippen LogP contribution in [0.5, 0.6) is 0 Å². The molecule has 1 saturated carbocycles. The Bertz CT molecular complexity index is 777. The van der Waals surface area contributed by atoms with Crippen LogP contribution >= 0.6 is 0 Å². The standard InChI is InChI=1S/C18H24N2O3S/c1-14-7-5-6-10-16(14)11-17-19-20-18(23-17)13-24(21,22)12-15-8-3-2-4-9-15/h5-7,10,15H,2-4,8-9,11-13H2,1H3. The van der Waals surface area contributed by atoms with Crippen molar-refractivity contribution in [3.05, 3.63) is 47.2 Å². The van der Waals surface area contributed by atoms with E-state index in [1.807, 2.05) is 31.2 Å². The minimum absolute atomic E-state index is 0.149. The molecule has 0 spiro atoms. The summed E-state index contributed by atoms with van der Waals surface area (Å²) in [7, 11) is -3.20. The predicted octanol–water partition coefficient (Wildman–Crippen LogP) is 3.46. The van der Waals surface area contributed by atoms with E-state index in [2.05, 4.69) is 10.2 Å². The molecular weight excluding hydrogens is 324 g/mol. The Morgan fingerprint density at radius 1 is 1.08 bits per heavy atom. The van der Waals surface area contributed by atoms with E-state index in [1.54, 1.807) is 0 Å². The molecule has 0 radical (unpaired) electrons. The van der Waals surface area contributed by atoms with Gasteiger partial charge in [-0.15, -0.1) is 10.2 Å². The molecule has 1 aromatic heterocycles. The van der Waals surface area contributed by atoms with Crippen LogP contribution in [0.25, 0.3) is 0 Å². The molecule has 0 saturated heterocycles. The van der Waals surface area contributed by atoms with Crippen molar-refractivity contribution in [1.29, 1.82) is 0 Å². The van der Waals surface area contributed by atoms with Gasteiger partial charge in [0.1, 0.15) is 5.75 Å². The van der Waals surface area contributed by atoms with Crippen LogP contribution in [0.15, 0.2) is 28.7 Å². The highest BCUT2D eigenvalue weighted by Gasteiger charge is 2.24. The predicted molar refractivity (Wildman–Crippen MR) is 92.3 cm³/mol. The summed E-state index contributed by atoms with van der Waals surface area (Å²) in [6.07, 6.45) is 6.07. The molecule has 1 aliphatic carbocycles. The molecule has 0 aliphatic heterocycles. The fourth-order valence-corrected chi connectivity index (χ4v) is 5.01. The molecule has 1 heterocycles. The lowest BCUT2D eigenvalue weighted by Gasteiger charge is -2.20. The molecule has 0 unspecified atom stereocenters. The Balaban J connectivity index is 1.61. The van der Waals surface area contributed by atoms with Crippen LogP contribution in [0.2, 0.25) is 0 Å². The minimum Gasteiger partial charge on any atom is -0.424 e. The number of hydrogen-bond donors (Lipinski definition) is 0. The van der Waals surface area contributed by atoms with Crippen LogP contribution in [0.3, 0.4) is 0 Å². The van der Waals surface area contributed by atoms with Gasteiger partial charge in [0, 0.05) is 0 Å². The maximum atomic E-state index is 12.4. The molecule has 2 aromatic rings. The molecule has 3 rings (SSSR count). The van der Waals surface area contributed by atoms with Crippen LogP contribution in [-0.2, 0) is 22.0 Å². The number of aromatic nitrogens is 2. The summed E-state index contributed by atoms with van der Waals surface area (Å²) in [5.74, 6) is 1.05. The van der Waals surface area contributed by atoms with Gasteiger partial charge in [-0.3, -0.25) is 0 Å². The molecule has 1 aliphatic rings. The Morgan fingerprint density at radius 3 is 2.54 bits per heavy atom. The van der Waals surface area contributed by atoms with Crippen LogP contribution in [0.4, 0.5) is 0 Å². The summed E-state index contributed by atoms with van der Waals surface area (Å²) < 4.78 is 30.3. The van der Waals surface area contributed by atoms with Crippen molar-refractivity contribution < 1.29 is 12.8 Å². The third-order valence-corrected chi connectivity index (χ3v) is 6.34. The van der Waals surface area contributed by atoms with E-state index in [9.17, 15) is 8.42 Å². The molecule has 5 nitrogen and oxygen atoms in total. The lowest BCUT2D eigenvalue weighted by molar-refractivity contribution is 0.384. The molecule has 0 N–H and O–H groups in total. The fraction of sp³-hybridized carbons (Fsp3) is 0.556. The first-order valence-corrected chi connectivity index (χ1v) is 10.4. The van der Waals surface area contributed by atoms with Gasteiger partial charge in [0.05, 0.1) is 12.2 Å². The summed E-state index contributed by atoms with van der Waals surface area (Å²) >= 11 is 0. The monoisotopic (exact) mass is 348 g/mol. The fourth-order valence-electron chi connectivity index (χ4n) is 3.35. The minimum atomic E-state index is -3.20. The van der Waals surface area contributed by atoms with Crippen molar-refractivity contribution in [3.8, 4) is 0 Å². The van der Waals surface area contributed by atoms with Crippen molar-refractivity contribution >= 4 is 9.84 Å². The van der Waals surface area contributed by atoms with Crippen molar-refractivity contribution in [2.45, 2.75) is 51.2 Å². The number of benzene rings is 1. The third-order valence-electron chi connectivity index (χ3n) is 4.67. The quantitative estimate of drug-likeness (QED) is 0.799. The summed E-state index contributed by atoms with van der Waals surface area (Å²) in [5, 5.41) is 7.93. The van der Waals surface area contributed by atoms with Gasteiger partial charge in [-0.1, -0.05) is 43.5 Å². The summed E-state index contributed by atoms with van der Waals surface area (Å²) in [6.45, 7) is 2.03. The van der Waals surface area contributed by atoms with Crippen LogP contribution in [-0.4, -0.2) is 24.4 Å². The second-order valence-corrected chi connectivity index (χ2v) is 8.86. The lowest BCUT2D eigenvalue weighted by atomic mass is 9.91. The van der Waals surface area contributed by atoms with Gasteiger partial charge in [0.25, 0.3) is 0 Å². The smallest absolute Gasteiger partial charge is 0.231 e. The zero-order chi connectivity index (χ0) is 17.0. The maximum absolute atomic E-state index is 12.4. The first kappa shape index (κ1) is 17.1. The zero-order valence-electron chi connectivity index (χ0n) is 14.1. The van der Waals surface area contributed by atoms with Gasteiger partial charge < -0.3 is 4.42 Å². The average Bonchev–Trinajstić information content (AvgIpc) is 2.96. The van der Waals surface area contributed by atoms with Crippen LogP contribution in [0.1, 0.15) is 55.0 Å². The van der Waals surface area contributed by atoms with Gasteiger partial charge in [0.15, 0.2) is 9.84 Å². The first-order valence-electron chi connectivity index (χ1n) is 8.58. The van der Waals surface area contributed by atoms with Gasteiger partial charge in [-0.05, 0) is 36.8 Å². The number of rotatable bonds is 6. The number of aryl methyl sites for hydroxylation is 1. The van der Waals surface area contributed by atoms with Crippen LogP contribution in [0, 0.1) is 12.8 Å². The van der Waals surface area contributed by atoms with Crippen molar-refractivity contribution in [1.82, 2.24) is 10.2 Å². The molecular formula is C18H24N2O3S. The largest absolute Gasteiger partial charge is 0.424 e. The van der Waals surface area contributed by atoms with Crippen molar-refractivity contribution in [3.63, 3.8) is 0 Å². The molecule has 0 amide bonds. The number of hydrogen-bond acceptors (Lipinski definition) is 5. The summed E-state index contributed by atoms with van der Waals surface area (Å²) in [6, 6.07) is 7.99. The SMILES string of the molecule is Cc1ccccc1Cc1nnc(CS(=O)(=O)CC2CCCCC2)o1. The van der Waals surface area contributed by atoms with E-state index >= 15 is 0 Å². The molecule has 1 fully saturated rings. The van der Waals surface area contributed by atoms with Crippen molar-refractivity contribution in [2.24, 2.45) is 5.92 Å². The zero-order valence-corrected chi connectivity index (χ0v) is 14.9. The van der Waals surface area contributed by atoms with Gasteiger partial charge in [0.2, 0.25) is 11.8 Å². The second-order valence-electron chi connectivity index (χ2n) is 6.75. The van der Waals surface area contributed by atoms with E-state index in [4.69, 9.17) is 4.42 Å². The number of nitrogens with zero attached hydrogens (tertiary/aromatic N) is 2. The lowest BCUT2D eigenvalue weighted by Crippen LogP contribution is -2.20. The Kier molecular flexibility index (Phi) is 5.33.